The molecular formula is C16H30N2. The third-order valence-corrected chi connectivity index (χ3v) is 6.26. The Hall–Kier alpha value is -0.0800. The second kappa shape index (κ2) is 5.13. The van der Waals surface area contributed by atoms with E-state index in [9.17, 15) is 0 Å². The van der Waals surface area contributed by atoms with E-state index in [1.54, 1.807) is 0 Å². The van der Waals surface area contributed by atoms with Gasteiger partial charge in [-0.25, -0.2) is 0 Å². The van der Waals surface area contributed by atoms with Gasteiger partial charge in [0.05, 0.1) is 0 Å². The summed E-state index contributed by atoms with van der Waals surface area (Å²) in [5, 5.41) is 0. The van der Waals surface area contributed by atoms with Crippen molar-refractivity contribution in [1.29, 1.82) is 0 Å². The molecule has 0 aromatic rings. The van der Waals surface area contributed by atoms with E-state index in [2.05, 4.69) is 11.8 Å². The summed E-state index contributed by atoms with van der Waals surface area (Å²) in [5.41, 5.74) is 6.63. The monoisotopic (exact) mass is 250 g/mol. The zero-order chi connectivity index (χ0) is 12.6. The van der Waals surface area contributed by atoms with Crippen molar-refractivity contribution in [3.05, 3.63) is 0 Å². The normalized spacial score (nSPS) is 45.3. The molecule has 3 fully saturated rings. The maximum absolute atomic E-state index is 6.25. The fraction of sp³-hybridized carbons (Fsp3) is 1.00. The largest absolute Gasteiger partial charge is 0.329 e. The molecule has 1 aliphatic heterocycles. The van der Waals surface area contributed by atoms with Crippen LogP contribution in [-0.4, -0.2) is 29.6 Å². The predicted molar refractivity (Wildman–Crippen MR) is 76.5 cm³/mol. The van der Waals surface area contributed by atoms with Crippen LogP contribution in [0.3, 0.4) is 0 Å². The molecule has 2 saturated carbocycles. The van der Waals surface area contributed by atoms with Crippen molar-refractivity contribution in [2.45, 2.75) is 76.3 Å². The SMILES string of the molecule is CCC1CCC(CN)(N2CCC3CCCCC32)C1. The molecule has 0 amide bonds. The fourth-order valence-electron chi connectivity index (χ4n) is 5.12. The topological polar surface area (TPSA) is 29.3 Å². The van der Waals surface area contributed by atoms with Crippen LogP contribution in [0.25, 0.3) is 0 Å². The van der Waals surface area contributed by atoms with Gasteiger partial charge in [0.2, 0.25) is 0 Å². The lowest BCUT2D eigenvalue weighted by Gasteiger charge is -2.44. The van der Waals surface area contributed by atoms with Gasteiger partial charge in [-0.1, -0.05) is 26.2 Å². The molecule has 2 aliphatic carbocycles. The third-order valence-electron chi connectivity index (χ3n) is 6.26. The van der Waals surface area contributed by atoms with Crippen LogP contribution in [0.1, 0.15) is 64.7 Å². The van der Waals surface area contributed by atoms with E-state index in [1.807, 2.05) is 0 Å². The lowest BCUT2D eigenvalue weighted by Crippen LogP contribution is -2.55. The first-order valence-corrected chi connectivity index (χ1v) is 8.26. The van der Waals surface area contributed by atoms with E-state index >= 15 is 0 Å². The average Bonchev–Trinajstić information content (AvgIpc) is 3.03. The molecular weight excluding hydrogens is 220 g/mol. The van der Waals surface area contributed by atoms with E-state index in [4.69, 9.17) is 5.73 Å². The lowest BCUT2D eigenvalue weighted by molar-refractivity contribution is 0.0556. The molecule has 0 spiro atoms. The number of nitrogens with zero attached hydrogens (tertiary/aromatic N) is 1. The minimum Gasteiger partial charge on any atom is -0.329 e. The molecule has 2 N–H and O–H groups in total. The Morgan fingerprint density at radius 3 is 2.72 bits per heavy atom. The Morgan fingerprint density at radius 1 is 1.17 bits per heavy atom. The van der Waals surface area contributed by atoms with E-state index in [1.165, 1.54) is 64.3 Å². The summed E-state index contributed by atoms with van der Waals surface area (Å²) in [6.07, 6.45) is 12.8. The Morgan fingerprint density at radius 2 is 2.00 bits per heavy atom. The number of hydrogen-bond donors (Lipinski definition) is 1. The number of rotatable bonds is 3. The van der Waals surface area contributed by atoms with Crippen LogP contribution < -0.4 is 5.73 Å². The minimum atomic E-state index is 0.386. The van der Waals surface area contributed by atoms with Crippen molar-refractivity contribution < 1.29 is 0 Å². The molecule has 18 heavy (non-hydrogen) atoms. The maximum atomic E-state index is 6.25. The van der Waals surface area contributed by atoms with Gasteiger partial charge in [-0.15, -0.1) is 0 Å². The van der Waals surface area contributed by atoms with Gasteiger partial charge in [0.25, 0.3) is 0 Å². The zero-order valence-electron chi connectivity index (χ0n) is 12.0. The van der Waals surface area contributed by atoms with Crippen LogP contribution in [0.2, 0.25) is 0 Å². The second-order valence-corrected chi connectivity index (χ2v) is 7.04. The van der Waals surface area contributed by atoms with E-state index < -0.39 is 0 Å². The highest BCUT2D eigenvalue weighted by Gasteiger charge is 2.49. The summed E-state index contributed by atoms with van der Waals surface area (Å²) >= 11 is 0. The predicted octanol–water partition coefficient (Wildman–Crippen LogP) is 3.16. The summed E-state index contributed by atoms with van der Waals surface area (Å²) < 4.78 is 0. The highest BCUT2D eigenvalue weighted by molar-refractivity contribution is 5.05. The van der Waals surface area contributed by atoms with E-state index in [0.717, 1.165) is 24.4 Å². The Labute approximate surface area is 112 Å². The molecule has 3 rings (SSSR count). The van der Waals surface area contributed by atoms with Gasteiger partial charge in [-0.3, -0.25) is 4.90 Å². The maximum Gasteiger partial charge on any atom is 0.0337 e. The summed E-state index contributed by atoms with van der Waals surface area (Å²) in [5.74, 6) is 1.94. The van der Waals surface area contributed by atoms with Gasteiger partial charge < -0.3 is 5.73 Å². The van der Waals surface area contributed by atoms with Crippen LogP contribution >= 0.6 is 0 Å². The van der Waals surface area contributed by atoms with Gasteiger partial charge in [0, 0.05) is 18.1 Å². The molecule has 0 aromatic carbocycles. The number of nitrogens with two attached hydrogens (primary N) is 1. The number of hydrogen-bond acceptors (Lipinski definition) is 2. The minimum absolute atomic E-state index is 0.386. The summed E-state index contributed by atoms with van der Waals surface area (Å²) in [7, 11) is 0. The standard InChI is InChI=1S/C16H30N2/c1-2-13-7-9-16(11-13,12-17)18-10-8-14-5-3-4-6-15(14)18/h13-15H,2-12,17H2,1H3. The van der Waals surface area contributed by atoms with Crippen molar-refractivity contribution in [2.75, 3.05) is 13.1 Å². The van der Waals surface area contributed by atoms with E-state index in [-0.39, 0.29) is 0 Å². The van der Waals surface area contributed by atoms with Crippen LogP contribution in [0.4, 0.5) is 0 Å². The van der Waals surface area contributed by atoms with Crippen molar-refractivity contribution >= 4 is 0 Å². The Kier molecular flexibility index (Phi) is 3.68. The van der Waals surface area contributed by atoms with Gasteiger partial charge in [-0.2, -0.15) is 0 Å². The number of likely N-dealkylation sites (tertiary alicyclic amines) is 1. The van der Waals surface area contributed by atoms with Crippen molar-refractivity contribution in [3.63, 3.8) is 0 Å². The van der Waals surface area contributed by atoms with E-state index in [0.29, 0.717) is 5.54 Å². The lowest BCUT2D eigenvalue weighted by atomic mass is 9.83. The fourth-order valence-corrected chi connectivity index (χ4v) is 5.12. The molecule has 2 heteroatoms. The van der Waals surface area contributed by atoms with Crippen LogP contribution in [0, 0.1) is 11.8 Å². The third kappa shape index (κ3) is 2.02. The van der Waals surface area contributed by atoms with Gasteiger partial charge >= 0.3 is 0 Å². The first-order chi connectivity index (χ1) is 8.79. The van der Waals surface area contributed by atoms with Gasteiger partial charge in [-0.05, 0) is 56.9 Å². The molecule has 1 saturated heterocycles. The molecule has 0 bridgehead atoms. The highest BCUT2D eigenvalue weighted by Crippen LogP contribution is 2.47. The Balaban J connectivity index is 1.76. The first-order valence-electron chi connectivity index (χ1n) is 8.26. The molecule has 4 atom stereocenters. The first kappa shape index (κ1) is 12.9. The highest BCUT2D eigenvalue weighted by atomic mass is 15.3. The molecule has 0 radical (unpaired) electrons. The quantitative estimate of drug-likeness (QED) is 0.833. The smallest absolute Gasteiger partial charge is 0.0337 e. The second-order valence-electron chi connectivity index (χ2n) is 7.04. The molecule has 4 unspecified atom stereocenters. The zero-order valence-corrected chi connectivity index (χ0v) is 12.0. The summed E-state index contributed by atoms with van der Waals surface area (Å²) in [6, 6.07) is 0.887. The Bertz CT molecular complexity index is 291. The van der Waals surface area contributed by atoms with Crippen molar-refractivity contribution in [1.82, 2.24) is 4.90 Å². The molecule has 2 nitrogen and oxygen atoms in total. The van der Waals surface area contributed by atoms with Crippen LogP contribution in [0.15, 0.2) is 0 Å². The number of fused-ring (bicyclic) bond motifs is 1. The molecule has 1 heterocycles. The van der Waals surface area contributed by atoms with Crippen molar-refractivity contribution in [3.8, 4) is 0 Å². The van der Waals surface area contributed by atoms with Gasteiger partial charge in [0.1, 0.15) is 0 Å². The summed E-state index contributed by atoms with van der Waals surface area (Å²) in [6.45, 7) is 4.58. The van der Waals surface area contributed by atoms with Crippen LogP contribution in [0.5, 0.6) is 0 Å². The van der Waals surface area contributed by atoms with Crippen LogP contribution in [-0.2, 0) is 0 Å². The van der Waals surface area contributed by atoms with Gasteiger partial charge in [0.15, 0.2) is 0 Å². The summed E-state index contributed by atoms with van der Waals surface area (Å²) in [4.78, 5) is 2.88. The molecule has 3 aliphatic rings. The van der Waals surface area contributed by atoms with Crippen molar-refractivity contribution in [2.24, 2.45) is 17.6 Å². The average molecular weight is 250 g/mol. The molecule has 104 valence electrons. The molecule has 0 aromatic heterocycles.